The molecule has 1 saturated carbocycles. The molecule has 6 atom stereocenters. The Hall–Kier alpha value is -1.59. The molecular formula is C21H28O5. The van der Waals surface area contributed by atoms with Crippen LogP contribution >= 0.6 is 0 Å². The van der Waals surface area contributed by atoms with Crippen molar-refractivity contribution >= 4 is 0 Å². The van der Waals surface area contributed by atoms with Gasteiger partial charge in [-0.2, -0.15) is 0 Å². The molecule has 6 unspecified atom stereocenters. The minimum absolute atomic E-state index is 0.0138. The molecule has 0 N–H and O–H groups in total. The van der Waals surface area contributed by atoms with Gasteiger partial charge in [0.2, 0.25) is 0 Å². The molecule has 5 heteroatoms. The summed E-state index contributed by atoms with van der Waals surface area (Å²) in [5.74, 6) is 1.39. The summed E-state index contributed by atoms with van der Waals surface area (Å²) in [6.45, 7) is 14.4. The Kier molecular flexibility index (Phi) is 3.44. The van der Waals surface area contributed by atoms with Crippen LogP contribution in [0, 0.1) is 31.1 Å². The van der Waals surface area contributed by atoms with Crippen LogP contribution in [-0.2, 0) is 15.2 Å². The Labute approximate surface area is 154 Å². The molecular weight excluding hydrogens is 332 g/mol. The zero-order chi connectivity index (χ0) is 19.2. The van der Waals surface area contributed by atoms with Crippen LogP contribution in [-0.4, -0.2) is 18.8 Å². The van der Waals surface area contributed by atoms with E-state index >= 15 is 0 Å². The van der Waals surface area contributed by atoms with Crippen molar-refractivity contribution in [3.63, 3.8) is 0 Å². The predicted molar refractivity (Wildman–Crippen MR) is 97.2 cm³/mol. The number of hydrogen-bond donors (Lipinski definition) is 0. The fourth-order valence-electron chi connectivity index (χ4n) is 6.55. The maximum absolute atomic E-state index is 12.8. The van der Waals surface area contributed by atoms with Crippen LogP contribution in [0.2, 0.25) is 0 Å². The zero-order valence-electron chi connectivity index (χ0n) is 16.9. The molecule has 26 heavy (non-hydrogen) atoms. The Bertz CT molecular complexity index is 883. The molecule has 5 rings (SSSR count). The lowest BCUT2D eigenvalue weighted by Gasteiger charge is -2.74. The molecule has 1 aromatic rings. The molecule has 2 aliphatic heterocycles. The van der Waals surface area contributed by atoms with Crippen LogP contribution < -0.4 is 10.2 Å². The first-order valence-electron chi connectivity index (χ1n) is 9.26. The van der Waals surface area contributed by atoms with Gasteiger partial charge in [0, 0.05) is 22.3 Å². The van der Waals surface area contributed by atoms with Gasteiger partial charge in [0.1, 0.15) is 17.5 Å². The molecule has 0 aromatic carbocycles. The SMILES string of the molecule is COc1oc(C2(C)C(C)C3(C)C4OOC(C)(C=C4C)C23)c(C)c(=O)c1C. The van der Waals surface area contributed by atoms with E-state index in [4.69, 9.17) is 18.9 Å². The molecule has 2 bridgehead atoms. The van der Waals surface area contributed by atoms with Crippen molar-refractivity contribution in [3.05, 3.63) is 38.8 Å². The topological polar surface area (TPSA) is 57.9 Å². The zero-order valence-corrected chi connectivity index (χ0v) is 16.9. The monoisotopic (exact) mass is 360 g/mol. The molecule has 0 amide bonds. The third-order valence-electron chi connectivity index (χ3n) is 7.64. The van der Waals surface area contributed by atoms with E-state index in [2.05, 4.69) is 40.7 Å². The molecule has 0 spiro atoms. The minimum atomic E-state index is -0.558. The van der Waals surface area contributed by atoms with Crippen molar-refractivity contribution in [2.45, 2.75) is 65.6 Å². The smallest absolute Gasteiger partial charge is 0.291 e. The second-order valence-corrected chi connectivity index (χ2v) is 8.94. The highest BCUT2D eigenvalue weighted by Crippen LogP contribution is 2.74. The van der Waals surface area contributed by atoms with Gasteiger partial charge in [-0.3, -0.25) is 4.79 Å². The van der Waals surface area contributed by atoms with Crippen molar-refractivity contribution < 1.29 is 18.9 Å². The van der Waals surface area contributed by atoms with E-state index in [1.54, 1.807) is 6.92 Å². The number of ether oxygens (including phenoxy) is 1. The normalized spacial score (nSPS) is 43.5. The summed E-state index contributed by atoms with van der Waals surface area (Å²) < 4.78 is 11.5. The van der Waals surface area contributed by atoms with Gasteiger partial charge in [0.15, 0.2) is 5.43 Å². The molecule has 1 saturated heterocycles. The van der Waals surface area contributed by atoms with E-state index in [0.29, 0.717) is 22.8 Å². The van der Waals surface area contributed by atoms with Gasteiger partial charge in [-0.25, -0.2) is 9.78 Å². The molecule has 5 nitrogen and oxygen atoms in total. The largest absolute Gasteiger partial charge is 0.468 e. The molecule has 0 radical (unpaired) electrons. The van der Waals surface area contributed by atoms with E-state index in [1.807, 2.05) is 6.92 Å². The third-order valence-corrected chi connectivity index (χ3v) is 7.64. The Morgan fingerprint density at radius 1 is 1.12 bits per heavy atom. The maximum Gasteiger partial charge on any atom is 0.291 e. The Morgan fingerprint density at radius 3 is 2.35 bits per heavy atom. The number of hydrogen-bond acceptors (Lipinski definition) is 5. The number of fused-ring (bicyclic) bond motifs is 1. The second-order valence-electron chi connectivity index (χ2n) is 8.94. The number of rotatable bonds is 2. The van der Waals surface area contributed by atoms with Gasteiger partial charge in [0.05, 0.1) is 12.7 Å². The highest BCUT2D eigenvalue weighted by Gasteiger charge is 2.78. The first-order valence-corrected chi connectivity index (χ1v) is 9.26. The van der Waals surface area contributed by atoms with Gasteiger partial charge in [-0.05, 0) is 45.3 Å². The van der Waals surface area contributed by atoms with Crippen LogP contribution in [0.3, 0.4) is 0 Å². The van der Waals surface area contributed by atoms with E-state index in [9.17, 15) is 4.79 Å². The highest BCUT2D eigenvalue weighted by atomic mass is 17.2. The fourth-order valence-corrected chi connectivity index (χ4v) is 6.55. The summed E-state index contributed by atoms with van der Waals surface area (Å²) in [7, 11) is 1.54. The maximum atomic E-state index is 12.8. The lowest BCUT2D eigenvalue weighted by atomic mass is 9.33. The third kappa shape index (κ3) is 1.71. The van der Waals surface area contributed by atoms with Crippen molar-refractivity contribution in [1.82, 2.24) is 0 Å². The first kappa shape index (κ1) is 17.8. The predicted octanol–water partition coefficient (Wildman–Crippen LogP) is 3.84. The molecule has 2 fully saturated rings. The van der Waals surface area contributed by atoms with Crippen molar-refractivity contribution in [1.29, 1.82) is 0 Å². The van der Waals surface area contributed by atoms with Crippen LogP contribution in [0.1, 0.15) is 51.5 Å². The lowest BCUT2D eigenvalue weighted by Crippen LogP contribution is -2.78. The van der Waals surface area contributed by atoms with E-state index in [-0.39, 0.29) is 34.2 Å². The van der Waals surface area contributed by atoms with E-state index < -0.39 is 5.60 Å². The molecule has 4 aliphatic rings. The van der Waals surface area contributed by atoms with Crippen molar-refractivity contribution in [2.75, 3.05) is 7.11 Å². The minimum Gasteiger partial charge on any atom is -0.468 e. The van der Waals surface area contributed by atoms with Crippen molar-refractivity contribution in [3.8, 4) is 5.95 Å². The number of methoxy groups -OCH3 is 1. The second kappa shape index (κ2) is 5.02. The summed E-state index contributed by atoms with van der Waals surface area (Å²) in [6.07, 6.45) is 2.10. The fraction of sp³-hybridized carbons (Fsp3) is 0.667. The Balaban J connectivity index is 1.95. The Morgan fingerprint density at radius 2 is 1.77 bits per heavy atom. The highest BCUT2D eigenvalue weighted by molar-refractivity contribution is 5.44. The van der Waals surface area contributed by atoms with Gasteiger partial charge in [-0.1, -0.05) is 20.8 Å². The molecule has 1 aromatic heterocycles. The van der Waals surface area contributed by atoms with Crippen molar-refractivity contribution in [2.24, 2.45) is 17.3 Å². The van der Waals surface area contributed by atoms with Crippen LogP contribution in [0.25, 0.3) is 0 Å². The van der Waals surface area contributed by atoms with Gasteiger partial charge < -0.3 is 9.15 Å². The molecule has 2 aliphatic carbocycles. The summed E-state index contributed by atoms with van der Waals surface area (Å²) in [5.41, 5.74) is 1.38. The lowest BCUT2D eigenvalue weighted by molar-refractivity contribution is -0.477. The van der Waals surface area contributed by atoms with Crippen LogP contribution in [0.4, 0.5) is 0 Å². The summed E-state index contributed by atoms with van der Waals surface area (Å²) >= 11 is 0. The first-order chi connectivity index (χ1) is 12.0. The van der Waals surface area contributed by atoms with Gasteiger partial charge >= 0.3 is 0 Å². The average molecular weight is 360 g/mol. The molecule has 142 valence electrons. The quantitative estimate of drug-likeness (QED) is 0.592. The summed E-state index contributed by atoms with van der Waals surface area (Å²) in [4.78, 5) is 24.4. The van der Waals surface area contributed by atoms with Crippen LogP contribution in [0.5, 0.6) is 5.95 Å². The average Bonchev–Trinajstić information content (AvgIpc) is 2.58. The summed E-state index contributed by atoms with van der Waals surface area (Å²) in [5, 5.41) is 0. The van der Waals surface area contributed by atoms with Crippen LogP contribution in [0.15, 0.2) is 20.9 Å². The standard InChI is InChI=1S/C21H28O5/c1-10-9-19(5)18-20(6,15(10)25-26-19)13(4)21(18,7)16-11(2)14(22)12(3)17(23-8)24-16/h9,13,15,18H,1-8H3. The summed E-state index contributed by atoms with van der Waals surface area (Å²) in [6, 6.07) is 0. The van der Waals surface area contributed by atoms with Gasteiger partial charge in [0.25, 0.3) is 5.95 Å². The van der Waals surface area contributed by atoms with Gasteiger partial charge in [-0.15, -0.1) is 0 Å². The van der Waals surface area contributed by atoms with E-state index in [0.717, 1.165) is 0 Å². The molecule has 3 heterocycles. The van der Waals surface area contributed by atoms with E-state index in [1.165, 1.54) is 12.7 Å².